The Labute approximate surface area is 60.3 Å². The Bertz CT molecular complexity index is 192. The normalized spacial score (nSPS) is 30.2. The van der Waals surface area contributed by atoms with Gasteiger partial charge in [-0.3, -0.25) is 0 Å². The third kappa shape index (κ3) is 0.860. The SMILES string of the molecule is CC(C)C1(C#N)COC=N1. The number of hydrogen-bond donors (Lipinski definition) is 0. The summed E-state index contributed by atoms with van der Waals surface area (Å²) >= 11 is 0. The molecule has 0 bridgehead atoms. The minimum Gasteiger partial charge on any atom is -0.480 e. The molecule has 3 nitrogen and oxygen atoms in total. The zero-order valence-corrected chi connectivity index (χ0v) is 6.16. The Hall–Kier alpha value is -1.04. The third-order valence-electron chi connectivity index (χ3n) is 1.81. The van der Waals surface area contributed by atoms with Gasteiger partial charge in [0.25, 0.3) is 0 Å². The van der Waals surface area contributed by atoms with E-state index in [1.165, 1.54) is 6.40 Å². The van der Waals surface area contributed by atoms with Crippen LogP contribution < -0.4 is 0 Å². The van der Waals surface area contributed by atoms with Gasteiger partial charge in [-0.05, 0) is 5.92 Å². The summed E-state index contributed by atoms with van der Waals surface area (Å²) in [5.41, 5.74) is -0.611. The maximum atomic E-state index is 8.74. The fourth-order valence-corrected chi connectivity index (χ4v) is 0.839. The molecule has 0 saturated carbocycles. The molecule has 0 radical (unpaired) electrons. The second-order valence-electron chi connectivity index (χ2n) is 2.74. The molecule has 10 heavy (non-hydrogen) atoms. The Morgan fingerprint density at radius 1 is 1.80 bits per heavy atom. The van der Waals surface area contributed by atoms with Gasteiger partial charge >= 0.3 is 0 Å². The molecule has 0 N–H and O–H groups in total. The number of hydrogen-bond acceptors (Lipinski definition) is 3. The summed E-state index contributed by atoms with van der Waals surface area (Å²) in [6.07, 6.45) is 1.36. The zero-order valence-electron chi connectivity index (χ0n) is 6.16. The lowest BCUT2D eigenvalue weighted by Crippen LogP contribution is -2.32. The molecule has 0 aliphatic carbocycles. The third-order valence-corrected chi connectivity index (χ3v) is 1.81. The summed E-state index contributed by atoms with van der Waals surface area (Å²) in [5, 5.41) is 8.74. The summed E-state index contributed by atoms with van der Waals surface area (Å²) < 4.78 is 4.90. The van der Waals surface area contributed by atoms with E-state index in [1.807, 2.05) is 13.8 Å². The van der Waals surface area contributed by atoms with Crippen LogP contribution in [0.4, 0.5) is 0 Å². The maximum Gasteiger partial charge on any atom is 0.186 e. The monoisotopic (exact) mass is 138 g/mol. The molecular formula is C7H10N2O. The Kier molecular flexibility index (Phi) is 1.62. The predicted molar refractivity (Wildman–Crippen MR) is 37.6 cm³/mol. The molecule has 0 saturated heterocycles. The minimum absolute atomic E-state index is 0.219. The van der Waals surface area contributed by atoms with Crippen molar-refractivity contribution in [2.75, 3.05) is 6.61 Å². The summed E-state index contributed by atoms with van der Waals surface area (Å²) in [7, 11) is 0. The fourth-order valence-electron chi connectivity index (χ4n) is 0.839. The van der Waals surface area contributed by atoms with Gasteiger partial charge in [0.2, 0.25) is 0 Å². The van der Waals surface area contributed by atoms with E-state index < -0.39 is 5.54 Å². The molecule has 0 aromatic heterocycles. The smallest absolute Gasteiger partial charge is 0.186 e. The van der Waals surface area contributed by atoms with E-state index in [1.54, 1.807) is 0 Å². The highest BCUT2D eigenvalue weighted by atomic mass is 16.5. The van der Waals surface area contributed by atoms with Crippen LogP contribution in [0.5, 0.6) is 0 Å². The number of ether oxygens (including phenoxy) is 1. The van der Waals surface area contributed by atoms with Crippen molar-refractivity contribution >= 4 is 6.40 Å². The molecule has 0 aromatic carbocycles. The minimum atomic E-state index is -0.611. The summed E-state index contributed by atoms with van der Waals surface area (Å²) in [6, 6.07) is 2.15. The molecule has 0 aromatic rings. The van der Waals surface area contributed by atoms with Crippen LogP contribution in [0.3, 0.4) is 0 Å². The predicted octanol–water partition coefficient (Wildman–Crippen LogP) is 0.963. The standard InChI is InChI=1S/C7H10N2O/c1-6(2)7(3-8)4-10-5-9-7/h5-6H,4H2,1-2H3. The van der Waals surface area contributed by atoms with Crippen molar-refractivity contribution in [1.82, 2.24) is 0 Å². The van der Waals surface area contributed by atoms with Gasteiger partial charge < -0.3 is 4.74 Å². The summed E-state index contributed by atoms with van der Waals surface area (Å²) in [5.74, 6) is 0.219. The van der Waals surface area contributed by atoms with Crippen molar-refractivity contribution in [1.29, 1.82) is 5.26 Å². The number of nitriles is 1. The molecule has 0 spiro atoms. The van der Waals surface area contributed by atoms with Gasteiger partial charge in [0.15, 0.2) is 11.9 Å². The summed E-state index contributed by atoms with van der Waals surface area (Å²) in [6.45, 7) is 4.34. The fraction of sp³-hybridized carbons (Fsp3) is 0.714. The van der Waals surface area contributed by atoms with Crippen molar-refractivity contribution in [3.8, 4) is 6.07 Å². The molecule has 1 unspecified atom stereocenters. The Balaban J connectivity index is 2.81. The Morgan fingerprint density at radius 3 is 2.70 bits per heavy atom. The number of nitrogens with zero attached hydrogens (tertiary/aromatic N) is 2. The van der Waals surface area contributed by atoms with Crippen LogP contribution in [0.15, 0.2) is 4.99 Å². The van der Waals surface area contributed by atoms with Crippen LogP contribution in [0.1, 0.15) is 13.8 Å². The largest absolute Gasteiger partial charge is 0.480 e. The second kappa shape index (κ2) is 2.30. The highest BCUT2D eigenvalue weighted by Gasteiger charge is 2.36. The summed E-state index contributed by atoms with van der Waals surface area (Å²) in [4.78, 5) is 3.98. The van der Waals surface area contributed by atoms with Crippen molar-refractivity contribution in [2.45, 2.75) is 19.4 Å². The lowest BCUT2D eigenvalue weighted by molar-refractivity contribution is 0.257. The van der Waals surface area contributed by atoms with Crippen LogP contribution in [0, 0.1) is 17.2 Å². The van der Waals surface area contributed by atoms with Crippen molar-refractivity contribution < 1.29 is 4.74 Å². The van der Waals surface area contributed by atoms with E-state index in [9.17, 15) is 0 Å². The van der Waals surface area contributed by atoms with E-state index in [4.69, 9.17) is 10.00 Å². The van der Waals surface area contributed by atoms with E-state index in [-0.39, 0.29) is 5.92 Å². The molecule has 1 atom stereocenters. The van der Waals surface area contributed by atoms with Gasteiger partial charge in [0, 0.05) is 0 Å². The van der Waals surface area contributed by atoms with Crippen LogP contribution in [-0.4, -0.2) is 18.5 Å². The topological polar surface area (TPSA) is 45.4 Å². The highest BCUT2D eigenvalue weighted by molar-refractivity contribution is 5.52. The lowest BCUT2D eigenvalue weighted by atomic mass is 9.90. The molecule has 1 rings (SSSR count). The number of aliphatic imine (C=N–C) groups is 1. The van der Waals surface area contributed by atoms with Gasteiger partial charge in [0.1, 0.15) is 6.61 Å². The van der Waals surface area contributed by atoms with Crippen molar-refractivity contribution in [2.24, 2.45) is 10.9 Å². The van der Waals surface area contributed by atoms with Crippen LogP contribution in [-0.2, 0) is 4.74 Å². The van der Waals surface area contributed by atoms with Gasteiger partial charge in [-0.1, -0.05) is 13.8 Å². The van der Waals surface area contributed by atoms with Gasteiger partial charge in [0.05, 0.1) is 6.07 Å². The van der Waals surface area contributed by atoms with E-state index in [0.717, 1.165) is 0 Å². The molecule has 0 amide bonds. The van der Waals surface area contributed by atoms with Crippen molar-refractivity contribution in [3.63, 3.8) is 0 Å². The van der Waals surface area contributed by atoms with Gasteiger partial charge in [-0.15, -0.1) is 0 Å². The molecule has 0 fully saturated rings. The first-order valence-corrected chi connectivity index (χ1v) is 3.28. The molecule has 1 aliphatic rings. The maximum absolute atomic E-state index is 8.74. The highest BCUT2D eigenvalue weighted by Crippen LogP contribution is 2.24. The van der Waals surface area contributed by atoms with Crippen LogP contribution >= 0.6 is 0 Å². The first-order valence-electron chi connectivity index (χ1n) is 3.28. The van der Waals surface area contributed by atoms with Crippen LogP contribution in [0.2, 0.25) is 0 Å². The molecule has 1 heterocycles. The van der Waals surface area contributed by atoms with Gasteiger partial charge in [-0.2, -0.15) is 5.26 Å². The van der Waals surface area contributed by atoms with Crippen molar-refractivity contribution in [3.05, 3.63) is 0 Å². The van der Waals surface area contributed by atoms with Gasteiger partial charge in [-0.25, -0.2) is 4.99 Å². The van der Waals surface area contributed by atoms with E-state index in [0.29, 0.717) is 6.61 Å². The second-order valence-corrected chi connectivity index (χ2v) is 2.74. The molecule has 1 aliphatic heterocycles. The first-order chi connectivity index (χ1) is 4.71. The first kappa shape index (κ1) is 7.07. The lowest BCUT2D eigenvalue weighted by Gasteiger charge is -2.18. The average Bonchev–Trinajstić information content (AvgIpc) is 2.35. The molecule has 54 valence electrons. The zero-order chi connectivity index (χ0) is 7.61. The average molecular weight is 138 g/mol. The number of rotatable bonds is 1. The van der Waals surface area contributed by atoms with E-state index in [2.05, 4.69) is 11.1 Å². The quantitative estimate of drug-likeness (QED) is 0.541. The Morgan fingerprint density at radius 2 is 2.50 bits per heavy atom. The van der Waals surface area contributed by atoms with E-state index >= 15 is 0 Å². The molecular weight excluding hydrogens is 128 g/mol. The molecule has 3 heteroatoms. The van der Waals surface area contributed by atoms with Crippen LogP contribution in [0.25, 0.3) is 0 Å².